The van der Waals surface area contributed by atoms with Gasteiger partial charge in [-0.3, -0.25) is 0 Å². The van der Waals surface area contributed by atoms with Crippen LogP contribution in [0.15, 0.2) is 30.5 Å². The Morgan fingerprint density at radius 2 is 2.12 bits per heavy atom. The van der Waals surface area contributed by atoms with Crippen LogP contribution < -0.4 is 4.90 Å². The lowest BCUT2D eigenvalue weighted by Crippen LogP contribution is -2.32. The van der Waals surface area contributed by atoms with Crippen molar-refractivity contribution in [3.63, 3.8) is 0 Å². The highest BCUT2D eigenvalue weighted by atomic mass is 32.1. The lowest BCUT2D eigenvalue weighted by Gasteiger charge is -2.31. The molecule has 0 amide bonds. The first-order valence-corrected chi connectivity index (χ1v) is 9.25. The van der Waals surface area contributed by atoms with E-state index < -0.39 is 0 Å². The number of ether oxygens (including phenoxy) is 1. The molecule has 1 saturated heterocycles. The summed E-state index contributed by atoms with van der Waals surface area (Å²) in [5.41, 5.74) is 2.70. The Labute approximate surface area is 145 Å². The van der Waals surface area contributed by atoms with Gasteiger partial charge in [0.1, 0.15) is 5.82 Å². The van der Waals surface area contributed by atoms with Gasteiger partial charge in [-0.15, -0.1) is 0 Å². The Kier molecular flexibility index (Phi) is 4.49. The molecule has 1 aliphatic heterocycles. The Hall–Kier alpha value is -1.92. The monoisotopic (exact) mass is 342 g/mol. The molecular weight excluding hydrogens is 320 g/mol. The molecule has 6 heteroatoms. The maximum absolute atomic E-state index is 5.10. The van der Waals surface area contributed by atoms with Crippen LogP contribution in [0.4, 0.5) is 5.13 Å². The van der Waals surface area contributed by atoms with Gasteiger partial charge in [0.15, 0.2) is 0 Å². The molecule has 2 aromatic heterocycles. The van der Waals surface area contributed by atoms with Gasteiger partial charge in [-0.2, -0.15) is 4.37 Å². The highest BCUT2D eigenvalue weighted by molar-refractivity contribution is 7.09. The molecule has 0 atom stereocenters. The molecule has 3 heterocycles. The van der Waals surface area contributed by atoms with Crippen molar-refractivity contribution in [3.8, 4) is 0 Å². The van der Waals surface area contributed by atoms with Crippen molar-refractivity contribution < 1.29 is 4.74 Å². The summed E-state index contributed by atoms with van der Waals surface area (Å²) in [7, 11) is 1.71. The van der Waals surface area contributed by atoms with Crippen molar-refractivity contribution in [1.82, 2.24) is 14.3 Å². The number of nitrogens with zero attached hydrogens (tertiary/aromatic N) is 3. The predicted octanol–water partition coefficient (Wildman–Crippen LogP) is 3.59. The molecular formula is C18H22N4OS. The van der Waals surface area contributed by atoms with Gasteiger partial charge in [0.25, 0.3) is 0 Å². The van der Waals surface area contributed by atoms with Crippen LogP contribution in [0.1, 0.15) is 30.1 Å². The zero-order chi connectivity index (χ0) is 16.4. The smallest absolute Gasteiger partial charge is 0.205 e. The van der Waals surface area contributed by atoms with E-state index in [9.17, 15) is 0 Å². The largest absolute Gasteiger partial charge is 0.384 e. The first kappa shape index (κ1) is 15.6. The van der Waals surface area contributed by atoms with Crippen LogP contribution >= 0.6 is 11.5 Å². The van der Waals surface area contributed by atoms with E-state index in [1.165, 1.54) is 28.0 Å². The second kappa shape index (κ2) is 6.91. The van der Waals surface area contributed by atoms with Crippen LogP contribution in [-0.4, -0.2) is 41.1 Å². The third kappa shape index (κ3) is 3.03. The van der Waals surface area contributed by atoms with Gasteiger partial charge >= 0.3 is 0 Å². The summed E-state index contributed by atoms with van der Waals surface area (Å²) < 4.78 is 9.54. The zero-order valence-corrected chi connectivity index (χ0v) is 14.7. The second-order valence-corrected chi connectivity index (χ2v) is 7.02. The van der Waals surface area contributed by atoms with Gasteiger partial charge in [-0.1, -0.05) is 18.2 Å². The fourth-order valence-corrected chi connectivity index (χ4v) is 4.24. The van der Waals surface area contributed by atoms with Crippen LogP contribution in [0.25, 0.3) is 10.9 Å². The molecule has 1 N–H and O–H groups in total. The number of fused-ring (bicyclic) bond motifs is 1. The number of rotatable bonds is 5. The van der Waals surface area contributed by atoms with E-state index in [1.54, 1.807) is 7.11 Å². The van der Waals surface area contributed by atoms with Crippen molar-refractivity contribution >= 4 is 27.6 Å². The van der Waals surface area contributed by atoms with Crippen molar-refractivity contribution in [3.05, 3.63) is 41.9 Å². The topological polar surface area (TPSA) is 54.0 Å². The van der Waals surface area contributed by atoms with Crippen molar-refractivity contribution in [2.75, 3.05) is 31.7 Å². The number of para-hydroxylation sites is 1. The Morgan fingerprint density at radius 1 is 1.29 bits per heavy atom. The van der Waals surface area contributed by atoms with Crippen LogP contribution in [-0.2, 0) is 11.2 Å². The molecule has 3 aromatic rings. The molecule has 4 rings (SSSR count). The second-order valence-electron chi connectivity index (χ2n) is 6.29. The first-order chi connectivity index (χ1) is 11.8. The first-order valence-electron chi connectivity index (χ1n) is 8.47. The van der Waals surface area contributed by atoms with Crippen molar-refractivity contribution in [2.24, 2.45) is 0 Å². The molecule has 1 fully saturated rings. The van der Waals surface area contributed by atoms with Crippen LogP contribution in [0, 0.1) is 0 Å². The molecule has 126 valence electrons. The number of benzene rings is 1. The van der Waals surface area contributed by atoms with Gasteiger partial charge in [0.2, 0.25) is 5.13 Å². The van der Waals surface area contributed by atoms with E-state index in [4.69, 9.17) is 4.74 Å². The number of hydrogen-bond donors (Lipinski definition) is 1. The number of nitrogens with one attached hydrogen (secondary N) is 1. The van der Waals surface area contributed by atoms with Gasteiger partial charge in [-0.25, -0.2) is 4.98 Å². The average Bonchev–Trinajstić information content (AvgIpc) is 3.27. The molecule has 0 aliphatic carbocycles. The number of hydrogen-bond acceptors (Lipinski definition) is 5. The SMILES string of the molecule is COCCc1nsc(N2CCC(c3c[nH]c4ccccc34)CC2)n1. The molecule has 1 aromatic carbocycles. The maximum Gasteiger partial charge on any atom is 0.205 e. The molecule has 1 aliphatic rings. The molecule has 0 spiro atoms. The average molecular weight is 342 g/mol. The third-order valence-corrected chi connectivity index (χ3v) is 5.63. The summed E-state index contributed by atoms with van der Waals surface area (Å²) in [6.07, 6.45) is 5.31. The fraction of sp³-hybridized carbons (Fsp3) is 0.444. The van der Waals surface area contributed by atoms with Gasteiger partial charge in [0.05, 0.1) is 6.61 Å². The molecule has 0 saturated carbocycles. The maximum atomic E-state index is 5.10. The Bertz CT molecular complexity index is 804. The fourth-order valence-electron chi connectivity index (χ4n) is 3.48. The minimum Gasteiger partial charge on any atom is -0.384 e. The number of anilines is 1. The van der Waals surface area contributed by atoms with Crippen LogP contribution in [0.5, 0.6) is 0 Å². The molecule has 24 heavy (non-hydrogen) atoms. The van der Waals surface area contributed by atoms with E-state index in [-0.39, 0.29) is 0 Å². The lowest BCUT2D eigenvalue weighted by atomic mass is 9.89. The Balaban J connectivity index is 1.42. The summed E-state index contributed by atoms with van der Waals surface area (Å²) in [5, 5.41) is 2.42. The summed E-state index contributed by atoms with van der Waals surface area (Å²) in [6, 6.07) is 8.58. The highest BCUT2D eigenvalue weighted by Crippen LogP contribution is 2.34. The van der Waals surface area contributed by atoms with Crippen LogP contribution in [0.2, 0.25) is 0 Å². The van der Waals surface area contributed by atoms with E-state index in [1.807, 2.05) is 0 Å². The van der Waals surface area contributed by atoms with E-state index in [2.05, 4.69) is 49.7 Å². The van der Waals surface area contributed by atoms with Crippen molar-refractivity contribution in [1.29, 1.82) is 0 Å². The third-order valence-electron chi connectivity index (χ3n) is 4.81. The van der Waals surface area contributed by atoms with Crippen molar-refractivity contribution in [2.45, 2.75) is 25.2 Å². The van der Waals surface area contributed by atoms with Crippen LogP contribution in [0.3, 0.4) is 0 Å². The summed E-state index contributed by atoms with van der Waals surface area (Å²) in [4.78, 5) is 10.4. The minimum atomic E-state index is 0.623. The molecule has 0 unspecified atom stereocenters. The standard InChI is InChI=1S/C18H22N4OS/c1-23-11-8-17-20-18(24-21-17)22-9-6-13(7-10-22)15-12-19-16-5-3-2-4-14(15)16/h2-5,12-13,19H,6-11H2,1H3. The molecule has 0 bridgehead atoms. The van der Waals surface area contributed by atoms with Gasteiger partial charge in [-0.05, 0) is 30.4 Å². The number of H-pyrrole nitrogens is 1. The molecule has 0 radical (unpaired) electrons. The van der Waals surface area contributed by atoms with E-state index in [0.29, 0.717) is 12.5 Å². The Morgan fingerprint density at radius 3 is 2.96 bits per heavy atom. The summed E-state index contributed by atoms with van der Waals surface area (Å²) >= 11 is 1.51. The number of aromatic amines is 1. The van der Waals surface area contributed by atoms with Gasteiger partial charge in [0, 0.05) is 55.3 Å². The number of piperidine rings is 1. The predicted molar refractivity (Wildman–Crippen MR) is 98.0 cm³/mol. The summed E-state index contributed by atoms with van der Waals surface area (Å²) in [5.74, 6) is 1.52. The highest BCUT2D eigenvalue weighted by Gasteiger charge is 2.24. The lowest BCUT2D eigenvalue weighted by molar-refractivity contribution is 0.201. The quantitative estimate of drug-likeness (QED) is 0.770. The zero-order valence-electron chi connectivity index (χ0n) is 13.9. The number of methoxy groups -OCH3 is 1. The summed E-state index contributed by atoms with van der Waals surface area (Å²) in [6.45, 7) is 2.77. The van der Waals surface area contributed by atoms with Gasteiger partial charge < -0.3 is 14.6 Å². The molecule has 5 nitrogen and oxygen atoms in total. The normalized spacial score (nSPS) is 16.1. The number of aromatic nitrogens is 3. The van der Waals surface area contributed by atoms with E-state index in [0.717, 1.165) is 43.3 Å². The van der Waals surface area contributed by atoms with E-state index >= 15 is 0 Å². The minimum absolute atomic E-state index is 0.623.